The van der Waals surface area contributed by atoms with Crippen molar-refractivity contribution in [3.8, 4) is 11.5 Å². The molecule has 0 unspecified atom stereocenters. The second-order valence-electron chi connectivity index (χ2n) is 6.85. The van der Waals surface area contributed by atoms with E-state index in [9.17, 15) is 4.79 Å². The smallest absolute Gasteiger partial charge is 0.323 e. The van der Waals surface area contributed by atoms with Gasteiger partial charge in [-0.25, -0.2) is 0 Å². The Balaban J connectivity index is 1.64. The molecule has 5 rings (SSSR count). The Bertz CT molecular complexity index is 1030. The van der Waals surface area contributed by atoms with Gasteiger partial charge >= 0.3 is 5.97 Å². The Morgan fingerprint density at radius 1 is 1.11 bits per heavy atom. The van der Waals surface area contributed by atoms with E-state index < -0.39 is 6.04 Å². The molecule has 2 aliphatic heterocycles. The second kappa shape index (κ2) is 6.32. The summed E-state index contributed by atoms with van der Waals surface area (Å²) < 4.78 is 16.4. The number of nitrogens with one attached hydrogen (secondary N) is 2. The van der Waals surface area contributed by atoms with Crippen molar-refractivity contribution in [2.45, 2.75) is 18.5 Å². The van der Waals surface area contributed by atoms with E-state index in [-0.39, 0.29) is 12.0 Å². The fourth-order valence-corrected chi connectivity index (χ4v) is 4.03. The van der Waals surface area contributed by atoms with Gasteiger partial charge in [-0.1, -0.05) is 24.3 Å². The van der Waals surface area contributed by atoms with E-state index in [1.54, 1.807) is 0 Å². The lowest BCUT2D eigenvalue weighted by Crippen LogP contribution is -2.45. The van der Waals surface area contributed by atoms with E-state index in [1.807, 2.05) is 30.3 Å². The van der Waals surface area contributed by atoms with Crippen LogP contribution in [0.3, 0.4) is 0 Å². The van der Waals surface area contributed by atoms with Gasteiger partial charge in [0.1, 0.15) is 19.3 Å². The monoisotopic (exact) mass is 364 g/mol. The van der Waals surface area contributed by atoms with Crippen molar-refractivity contribution < 1.29 is 19.0 Å². The number of ether oxygens (including phenoxy) is 3. The van der Waals surface area contributed by atoms with Gasteiger partial charge in [0.25, 0.3) is 0 Å². The summed E-state index contributed by atoms with van der Waals surface area (Å²) in [7, 11) is 1.42. The zero-order valence-electron chi connectivity index (χ0n) is 15.0. The standard InChI is InChI=1S/C21H20N2O4/c1-25-21(24)16-11-14-13-4-2-3-5-15(13)22-20(14)19(23-16)12-6-7-17-18(10-12)27-9-8-26-17/h2-7,10,16,19,22-23H,8-9,11H2,1H3/t16-,19+/m1/s1. The number of aromatic amines is 1. The Kier molecular flexibility index (Phi) is 3.79. The average Bonchev–Trinajstić information content (AvgIpc) is 3.11. The van der Waals surface area contributed by atoms with Gasteiger partial charge in [-0.15, -0.1) is 0 Å². The predicted molar refractivity (Wildman–Crippen MR) is 100 cm³/mol. The highest BCUT2D eigenvalue weighted by molar-refractivity contribution is 5.87. The van der Waals surface area contributed by atoms with Crippen LogP contribution < -0.4 is 14.8 Å². The molecule has 2 aliphatic rings. The van der Waals surface area contributed by atoms with Gasteiger partial charge in [0.15, 0.2) is 11.5 Å². The van der Waals surface area contributed by atoms with Crippen molar-refractivity contribution in [2.75, 3.05) is 20.3 Å². The molecule has 0 bridgehead atoms. The first-order valence-corrected chi connectivity index (χ1v) is 9.07. The molecule has 2 N–H and O–H groups in total. The van der Waals surface area contributed by atoms with Gasteiger partial charge in [0, 0.05) is 23.0 Å². The molecule has 0 saturated heterocycles. The lowest BCUT2D eigenvalue weighted by Gasteiger charge is -2.31. The number of fused-ring (bicyclic) bond motifs is 4. The van der Waals surface area contributed by atoms with Gasteiger partial charge in [0.2, 0.25) is 0 Å². The van der Waals surface area contributed by atoms with Crippen molar-refractivity contribution in [1.82, 2.24) is 10.3 Å². The fraction of sp³-hybridized carbons (Fsp3) is 0.286. The number of carbonyl (C=O) groups excluding carboxylic acids is 1. The second-order valence-corrected chi connectivity index (χ2v) is 6.85. The molecule has 0 amide bonds. The molecule has 0 aliphatic carbocycles. The molecule has 27 heavy (non-hydrogen) atoms. The van der Waals surface area contributed by atoms with E-state index in [4.69, 9.17) is 14.2 Å². The fourth-order valence-electron chi connectivity index (χ4n) is 4.03. The molecule has 6 heteroatoms. The highest BCUT2D eigenvalue weighted by Crippen LogP contribution is 2.39. The Morgan fingerprint density at radius 2 is 1.93 bits per heavy atom. The van der Waals surface area contributed by atoms with Crippen LogP contribution in [0.15, 0.2) is 42.5 Å². The van der Waals surface area contributed by atoms with Crippen LogP contribution >= 0.6 is 0 Å². The minimum absolute atomic E-state index is 0.166. The van der Waals surface area contributed by atoms with Gasteiger partial charge in [-0.3, -0.25) is 10.1 Å². The maximum absolute atomic E-state index is 12.3. The lowest BCUT2D eigenvalue weighted by molar-refractivity contribution is -0.143. The van der Waals surface area contributed by atoms with Gasteiger partial charge < -0.3 is 19.2 Å². The van der Waals surface area contributed by atoms with Crippen LogP contribution in [0.2, 0.25) is 0 Å². The molecule has 138 valence electrons. The Hall–Kier alpha value is -2.99. The van der Waals surface area contributed by atoms with Crippen LogP contribution in [-0.2, 0) is 16.0 Å². The van der Waals surface area contributed by atoms with Crippen LogP contribution in [0.25, 0.3) is 10.9 Å². The maximum atomic E-state index is 12.3. The summed E-state index contributed by atoms with van der Waals surface area (Å²) in [5.41, 5.74) is 4.31. The highest BCUT2D eigenvalue weighted by atomic mass is 16.6. The molecule has 0 saturated carbocycles. The zero-order chi connectivity index (χ0) is 18.4. The summed E-state index contributed by atoms with van der Waals surface area (Å²) >= 11 is 0. The maximum Gasteiger partial charge on any atom is 0.323 e. The number of aromatic nitrogens is 1. The van der Waals surface area contributed by atoms with Crippen molar-refractivity contribution in [3.05, 3.63) is 59.3 Å². The minimum atomic E-state index is -0.403. The minimum Gasteiger partial charge on any atom is -0.486 e. The largest absolute Gasteiger partial charge is 0.486 e. The summed E-state index contributed by atoms with van der Waals surface area (Å²) in [4.78, 5) is 15.8. The highest BCUT2D eigenvalue weighted by Gasteiger charge is 2.34. The molecule has 1 aromatic heterocycles. The molecule has 0 radical (unpaired) electrons. The number of esters is 1. The first kappa shape index (κ1) is 16.2. The molecule has 3 aromatic rings. The van der Waals surface area contributed by atoms with Crippen molar-refractivity contribution >= 4 is 16.9 Å². The molecule has 6 nitrogen and oxygen atoms in total. The lowest BCUT2D eigenvalue weighted by atomic mass is 9.90. The van der Waals surface area contributed by atoms with E-state index in [0.717, 1.165) is 39.2 Å². The third-order valence-electron chi connectivity index (χ3n) is 5.30. The summed E-state index contributed by atoms with van der Waals surface area (Å²) in [6.45, 7) is 1.10. The molecule has 2 atom stereocenters. The number of methoxy groups -OCH3 is 1. The van der Waals surface area contributed by atoms with Crippen molar-refractivity contribution in [3.63, 3.8) is 0 Å². The number of benzene rings is 2. The SMILES string of the molecule is COC(=O)[C@H]1Cc2c([nH]c3ccccc23)[C@H](c2ccc3c(c2)OCCO3)N1. The Morgan fingerprint density at radius 3 is 2.78 bits per heavy atom. The third-order valence-corrected chi connectivity index (χ3v) is 5.30. The predicted octanol–water partition coefficient (Wildman–Crippen LogP) is 2.72. The number of hydrogen-bond donors (Lipinski definition) is 2. The third kappa shape index (κ3) is 2.64. The van der Waals surface area contributed by atoms with Crippen LogP contribution in [0.1, 0.15) is 22.9 Å². The summed E-state index contributed by atoms with van der Waals surface area (Å²) in [6, 6.07) is 13.5. The number of rotatable bonds is 2. The Labute approximate surface area is 156 Å². The van der Waals surface area contributed by atoms with Crippen LogP contribution in [0, 0.1) is 0 Å². The molecule has 3 heterocycles. The molecule has 0 fully saturated rings. The molecular formula is C21H20N2O4. The van der Waals surface area contributed by atoms with E-state index in [1.165, 1.54) is 7.11 Å². The normalized spacial score (nSPS) is 20.9. The van der Waals surface area contributed by atoms with Gasteiger partial charge in [0.05, 0.1) is 13.2 Å². The molecule has 2 aromatic carbocycles. The quantitative estimate of drug-likeness (QED) is 0.684. The summed E-state index contributed by atoms with van der Waals surface area (Å²) in [6.07, 6.45) is 0.590. The van der Waals surface area contributed by atoms with E-state index >= 15 is 0 Å². The van der Waals surface area contributed by atoms with E-state index in [0.29, 0.717) is 19.6 Å². The van der Waals surface area contributed by atoms with Gasteiger partial charge in [-0.2, -0.15) is 0 Å². The first-order chi connectivity index (χ1) is 13.2. The van der Waals surface area contributed by atoms with E-state index in [2.05, 4.69) is 22.4 Å². The number of hydrogen-bond acceptors (Lipinski definition) is 5. The van der Waals surface area contributed by atoms with Gasteiger partial charge in [-0.05, 0) is 29.3 Å². The zero-order valence-corrected chi connectivity index (χ0v) is 15.0. The van der Waals surface area contributed by atoms with Crippen molar-refractivity contribution in [2.24, 2.45) is 0 Å². The topological polar surface area (TPSA) is 72.6 Å². The number of H-pyrrole nitrogens is 1. The average molecular weight is 364 g/mol. The number of para-hydroxylation sites is 1. The van der Waals surface area contributed by atoms with Crippen molar-refractivity contribution in [1.29, 1.82) is 0 Å². The summed E-state index contributed by atoms with van der Waals surface area (Å²) in [5, 5.41) is 4.59. The molecular weight excluding hydrogens is 344 g/mol. The number of carbonyl (C=O) groups is 1. The summed E-state index contributed by atoms with van der Waals surface area (Å²) in [5.74, 6) is 1.23. The molecule has 0 spiro atoms. The van der Waals surface area contributed by atoms with Crippen LogP contribution in [0.4, 0.5) is 0 Å². The first-order valence-electron chi connectivity index (χ1n) is 9.07. The van der Waals surface area contributed by atoms with Crippen LogP contribution in [-0.4, -0.2) is 37.3 Å². The van der Waals surface area contributed by atoms with Crippen LogP contribution in [0.5, 0.6) is 11.5 Å².